The van der Waals surface area contributed by atoms with Crippen LogP contribution < -0.4 is 5.32 Å². The fourth-order valence-corrected chi connectivity index (χ4v) is 3.74. The van der Waals surface area contributed by atoms with Crippen LogP contribution in [0.4, 0.5) is 0 Å². The van der Waals surface area contributed by atoms with Gasteiger partial charge in [-0.2, -0.15) is 0 Å². The van der Waals surface area contributed by atoms with Crippen LogP contribution in [0, 0.1) is 0 Å². The summed E-state index contributed by atoms with van der Waals surface area (Å²) in [7, 11) is 0. The maximum atomic E-state index is 10.6. The fraction of sp³-hybridized carbons (Fsp3) is 0.188. The number of hydrogen-bond acceptors (Lipinski definition) is 2. The Hall–Kier alpha value is -1.74. The molecule has 3 heteroatoms. The predicted molar refractivity (Wildman–Crippen MR) is 78.4 cm³/mol. The van der Waals surface area contributed by atoms with E-state index in [1.807, 2.05) is 11.8 Å². The molecule has 0 saturated carbocycles. The monoisotopic (exact) mass is 269 g/mol. The van der Waals surface area contributed by atoms with E-state index >= 15 is 0 Å². The Kier molecular flexibility index (Phi) is 3.56. The molecule has 1 heterocycles. The molecule has 1 aliphatic rings. The molecule has 1 amide bonds. The van der Waals surface area contributed by atoms with Crippen molar-refractivity contribution in [3.63, 3.8) is 0 Å². The van der Waals surface area contributed by atoms with E-state index in [1.54, 1.807) is 0 Å². The molecule has 2 nitrogen and oxygen atoms in total. The zero-order chi connectivity index (χ0) is 13.1. The van der Waals surface area contributed by atoms with E-state index in [1.165, 1.54) is 21.6 Å². The molecule has 1 N–H and O–H groups in total. The van der Waals surface area contributed by atoms with Crippen molar-refractivity contribution >= 4 is 18.2 Å². The minimum Gasteiger partial charge on any atom is -0.358 e. The fourth-order valence-electron chi connectivity index (χ4n) is 2.61. The molecule has 96 valence electrons. The van der Waals surface area contributed by atoms with Crippen LogP contribution in [-0.4, -0.2) is 13.0 Å². The second kappa shape index (κ2) is 5.49. The lowest BCUT2D eigenvalue weighted by molar-refractivity contribution is -0.109. The Balaban J connectivity index is 2.10. The third-order valence-corrected chi connectivity index (χ3v) is 4.65. The number of rotatable bonds is 3. The van der Waals surface area contributed by atoms with Crippen LogP contribution in [-0.2, 0) is 10.5 Å². The van der Waals surface area contributed by atoms with Crippen molar-refractivity contribution in [1.82, 2.24) is 5.32 Å². The highest BCUT2D eigenvalue weighted by molar-refractivity contribution is 7.98. The maximum absolute atomic E-state index is 10.6. The smallest absolute Gasteiger partial charge is 0.207 e. The molecule has 19 heavy (non-hydrogen) atoms. The molecule has 0 aromatic heterocycles. The highest BCUT2D eigenvalue weighted by atomic mass is 32.2. The summed E-state index contributed by atoms with van der Waals surface area (Å²) in [5, 5.41) is 2.84. The summed E-state index contributed by atoms with van der Waals surface area (Å²) >= 11 is 1.87. The molecule has 0 radical (unpaired) electrons. The number of fused-ring (bicyclic) bond motifs is 2. The second-order valence-corrected chi connectivity index (χ2v) is 5.62. The first-order valence-corrected chi connectivity index (χ1v) is 7.35. The SMILES string of the molecule is O=CNC[C@@H]1c2ccccc2CSc2ccccc21. The molecular formula is C16H15NOS. The van der Waals surface area contributed by atoms with Gasteiger partial charge in [0.1, 0.15) is 0 Å². The van der Waals surface area contributed by atoms with Gasteiger partial charge in [0, 0.05) is 23.1 Å². The molecule has 2 aromatic carbocycles. The molecule has 0 unspecified atom stereocenters. The lowest BCUT2D eigenvalue weighted by atomic mass is 9.88. The summed E-state index contributed by atoms with van der Waals surface area (Å²) in [6.07, 6.45) is 0.781. The van der Waals surface area contributed by atoms with E-state index in [2.05, 4.69) is 53.8 Å². The number of amides is 1. The van der Waals surface area contributed by atoms with Crippen molar-refractivity contribution in [2.45, 2.75) is 16.6 Å². The number of thioether (sulfide) groups is 1. The molecule has 2 aromatic rings. The van der Waals surface area contributed by atoms with Crippen molar-refractivity contribution in [3.05, 3.63) is 65.2 Å². The Labute approximate surface area is 117 Å². The molecule has 1 atom stereocenters. The van der Waals surface area contributed by atoms with Gasteiger partial charge >= 0.3 is 0 Å². The average molecular weight is 269 g/mol. The maximum Gasteiger partial charge on any atom is 0.207 e. The first-order chi connectivity index (χ1) is 9.40. The Morgan fingerprint density at radius 2 is 1.84 bits per heavy atom. The quantitative estimate of drug-likeness (QED) is 0.867. The van der Waals surface area contributed by atoms with Crippen LogP contribution >= 0.6 is 11.8 Å². The summed E-state index contributed by atoms with van der Waals surface area (Å²) in [4.78, 5) is 12.0. The van der Waals surface area contributed by atoms with Gasteiger partial charge in [0.15, 0.2) is 0 Å². The van der Waals surface area contributed by atoms with Crippen LogP contribution in [0.2, 0.25) is 0 Å². The molecule has 0 spiro atoms. The molecule has 0 bridgehead atoms. The van der Waals surface area contributed by atoms with Gasteiger partial charge in [-0.3, -0.25) is 4.79 Å². The first kappa shape index (κ1) is 12.3. The number of carbonyl (C=O) groups is 1. The van der Waals surface area contributed by atoms with Crippen LogP contribution in [0.1, 0.15) is 22.6 Å². The molecular weight excluding hydrogens is 254 g/mol. The van der Waals surface area contributed by atoms with E-state index in [0.29, 0.717) is 6.54 Å². The summed E-state index contributed by atoms with van der Waals surface area (Å²) in [5.74, 6) is 1.23. The average Bonchev–Trinajstić information content (AvgIpc) is 2.62. The second-order valence-electron chi connectivity index (χ2n) is 4.60. The third kappa shape index (κ3) is 2.38. The van der Waals surface area contributed by atoms with Crippen LogP contribution in [0.3, 0.4) is 0 Å². The van der Waals surface area contributed by atoms with Gasteiger partial charge in [-0.25, -0.2) is 0 Å². The zero-order valence-electron chi connectivity index (χ0n) is 10.5. The van der Waals surface area contributed by atoms with Gasteiger partial charge < -0.3 is 5.32 Å². The van der Waals surface area contributed by atoms with Crippen LogP contribution in [0.25, 0.3) is 0 Å². The normalized spacial score (nSPS) is 16.9. The standard InChI is InChI=1S/C16H15NOS/c18-11-17-9-15-13-6-2-1-5-12(13)10-19-16-8-4-3-7-14(15)16/h1-8,11,15H,9-10H2,(H,17,18)/t15-/m1/s1. The topological polar surface area (TPSA) is 29.1 Å². The summed E-state index contributed by atoms with van der Waals surface area (Å²) < 4.78 is 0. The highest BCUT2D eigenvalue weighted by Crippen LogP contribution is 2.39. The molecule has 0 aliphatic carbocycles. The third-order valence-electron chi connectivity index (χ3n) is 3.51. The Morgan fingerprint density at radius 1 is 1.11 bits per heavy atom. The molecule has 3 rings (SSSR count). The van der Waals surface area contributed by atoms with Gasteiger partial charge in [-0.1, -0.05) is 42.5 Å². The van der Waals surface area contributed by atoms with Crippen molar-refractivity contribution in [1.29, 1.82) is 0 Å². The zero-order valence-corrected chi connectivity index (χ0v) is 11.3. The van der Waals surface area contributed by atoms with E-state index in [-0.39, 0.29) is 5.92 Å². The highest BCUT2D eigenvalue weighted by Gasteiger charge is 2.23. The van der Waals surface area contributed by atoms with E-state index < -0.39 is 0 Å². The lowest BCUT2D eigenvalue weighted by Gasteiger charge is -2.19. The van der Waals surface area contributed by atoms with Crippen molar-refractivity contribution in [2.75, 3.05) is 6.54 Å². The minimum atomic E-state index is 0.243. The van der Waals surface area contributed by atoms with E-state index in [9.17, 15) is 4.79 Å². The van der Waals surface area contributed by atoms with Gasteiger partial charge in [-0.15, -0.1) is 11.8 Å². The van der Waals surface area contributed by atoms with Gasteiger partial charge in [0.2, 0.25) is 6.41 Å². The number of hydrogen-bond donors (Lipinski definition) is 1. The molecule has 0 saturated heterocycles. The molecule has 0 fully saturated rings. The van der Waals surface area contributed by atoms with Crippen LogP contribution in [0.15, 0.2) is 53.4 Å². The van der Waals surface area contributed by atoms with Gasteiger partial charge in [-0.05, 0) is 22.8 Å². The van der Waals surface area contributed by atoms with Crippen molar-refractivity contribution < 1.29 is 4.79 Å². The van der Waals surface area contributed by atoms with Crippen LogP contribution in [0.5, 0.6) is 0 Å². The first-order valence-electron chi connectivity index (χ1n) is 6.36. The predicted octanol–water partition coefficient (Wildman–Crippen LogP) is 3.17. The van der Waals surface area contributed by atoms with Gasteiger partial charge in [0.25, 0.3) is 0 Å². The van der Waals surface area contributed by atoms with Crippen molar-refractivity contribution in [3.8, 4) is 0 Å². The largest absolute Gasteiger partial charge is 0.358 e. The summed E-state index contributed by atoms with van der Waals surface area (Å²) in [6.45, 7) is 0.651. The Morgan fingerprint density at radius 3 is 2.68 bits per heavy atom. The van der Waals surface area contributed by atoms with Gasteiger partial charge in [0.05, 0.1) is 0 Å². The summed E-state index contributed by atoms with van der Waals surface area (Å²) in [6, 6.07) is 17.0. The minimum absolute atomic E-state index is 0.243. The van der Waals surface area contributed by atoms with E-state index in [0.717, 1.165) is 12.2 Å². The number of benzene rings is 2. The number of carbonyl (C=O) groups excluding carboxylic acids is 1. The van der Waals surface area contributed by atoms with E-state index in [4.69, 9.17) is 0 Å². The Bertz CT molecular complexity index is 549. The summed E-state index contributed by atoms with van der Waals surface area (Å²) in [5.41, 5.74) is 4.00. The molecule has 1 aliphatic heterocycles. The number of nitrogens with one attached hydrogen (secondary N) is 1. The van der Waals surface area contributed by atoms with Crippen molar-refractivity contribution in [2.24, 2.45) is 0 Å². The lowest BCUT2D eigenvalue weighted by Crippen LogP contribution is -2.21.